The second-order valence-corrected chi connectivity index (χ2v) is 26.7. The van der Waals surface area contributed by atoms with E-state index in [0.717, 1.165) is 89.9 Å². The first-order chi connectivity index (χ1) is 42.0. The van der Waals surface area contributed by atoms with Crippen molar-refractivity contribution in [3.63, 3.8) is 0 Å². The van der Waals surface area contributed by atoms with Crippen molar-refractivity contribution in [1.29, 1.82) is 0 Å². The molecule has 0 saturated carbocycles. The van der Waals surface area contributed by atoms with E-state index >= 15 is 0 Å². The summed E-state index contributed by atoms with van der Waals surface area (Å²) in [5.41, 5.74) is 0. The average molecular weight is 1220 g/mol. The summed E-state index contributed by atoms with van der Waals surface area (Å²) in [4.78, 5) is 35.9. The standard InChI is InChI=1S/C76H136NO8P/c1-6-8-10-12-14-16-18-20-22-24-26-28-30-32-34-35-36-37-38-39-40-41-43-44-46-48-50-52-54-56-58-60-62-64-66-68-75(78)82-72-74(73-84-86(80,81)83-71-70-77(3,4)5)85-76(79)69-67-65-63-61-59-57-55-53-51-49-47-45-42-33-31-29-27-25-23-21-19-17-15-13-11-9-7-2/h9,11,15,17-18,20-21,23-24,26-27,29,33,42,47,49,74H,6-8,10,12-14,16,19,22,25,28,30-32,34-41,43-46,48,50-73H2,1-5H3/p+1/b11-9-,17-15-,20-18-,23-21-,26-24-,29-27-,42-33-,49-47-. The number of allylic oxidation sites excluding steroid dienone is 16. The molecule has 2 atom stereocenters. The van der Waals surface area contributed by atoms with Gasteiger partial charge in [-0.05, 0) is 96.3 Å². The van der Waals surface area contributed by atoms with E-state index in [-0.39, 0.29) is 32.0 Å². The zero-order chi connectivity index (χ0) is 62.6. The van der Waals surface area contributed by atoms with Crippen LogP contribution in [0.15, 0.2) is 97.2 Å². The van der Waals surface area contributed by atoms with E-state index < -0.39 is 26.5 Å². The molecule has 498 valence electrons. The molecular weight excluding hydrogens is 1090 g/mol. The molecule has 0 aliphatic carbocycles. The highest BCUT2D eigenvalue weighted by Gasteiger charge is 2.27. The lowest BCUT2D eigenvalue weighted by Crippen LogP contribution is -2.37. The van der Waals surface area contributed by atoms with Crippen molar-refractivity contribution in [3.05, 3.63) is 97.2 Å². The van der Waals surface area contributed by atoms with Gasteiger partial charge in [0.05, 0.1) is 27.7 Å². The van der Waals surface area contributed by atoms with E-state index in [1.54, 1.807) is 0 Å². The molecule has 0 bridgehead atoms. The number of nitrogens with zero attached hydrogens (tertiary/aromatic N) is 1. The van der Waals surface area contributed by atoms with E-state index in [0.29, 0.717) is 17.4 Å². The summed E-state index contributed by atoms with van der Waals surface area (Å²) < 4.78 is 34.7. The predicted molar refractivity (Wildman–Crippen MR) is 372 cm³/mol. The Hall–Kier alpha value is -3.07. The second kappa shape index (κ2) is 66.4. The van der Waals surface area contributed by atoms with Crippen LogP contribution < -0.4 is 0 Å². The SMILES string of the molecule is CC/C=C\C/C=C\C/C=C\C/C=C\C/C=C\C/C=C\CCCCCCCCCCC(=O)OC(COC(=O)CCCCCCCCCCCCCCCCCCCCCCCCC/C=C\C/C=C\CCCCCCC)COP(=O)(O)OCC[N+](C)(C)C. The number of quaternary nitrogens is 1. The third kappa shape index (κ3) is 70.0. The first kappa shape index (κ1) is 82.9. The lowest BCUT2D eigenvalue weighted by Gasteiger charge is -2.24. The molecule has 86 heavy (non-hydrogen) atoms. The van der Waals surface area contributed by atoms with Gasteiger partial charge in [-0.25, -0.2) is 4.57 Å². The third-order valence-corrected chi connectivity index (χ3v) is 16.6. The monoisotopic (exact) mass is 1220 g/mol. The van der Waals surface area contributed by atoms with Crippen molar-refractivity contribution in [2.75, 3.05) is 47.5 Å². The van der Waals surface area contributed by atoms with E-state index in [4.69, 9.17) is 18.5 Å². The Morgan fingerprint density at radius 2 is 0.663 bits per heavy atom. The summed E-state index contributed by atoms with van der Waals surface area (Å²) in [5, 5.41) is 0. The molecule has 0 aromatic carbocycles. The fourth-order valence-corrected chi connectivity index (χ4v) is 10.9. The molecule has 10 heteroatoms. The highest BCUT2D eigenvalue weighted by atomic mass is 31.2. The molecule has 0 rings (SSSR count). The topological polar surface area (TPSA) is 108 Å². The number of carbonyl (C=O) groups is 2. The fraction of sp³-hybridized carbons (Fsp3) is 0.763. The molecule has 0 aromatic heterocycles. The Morgan fingerprint density at radius 3 is 0.988 bits per heavy atom. The number of phosphoric ester groups is 1. The van der Waals surface area contributed by atoms with E-state index in [2.05, 4.69) is 111 Å². The van der Waals surface area contributed by atoms with Crippen molar-refractivity contribution >= 4 is 19.8 Å². The smallest absolute Gasteiger partial charge is 0.462 e. The molecule has 0 aromatic rings. The molecule has 2 unspecified atom stereocenters. The first-order valence-corrected chi connectivity index (χ1v) is 37.5. The zero-order valence-electron chi connectivity index (χ0n) is 56.8. The highest BCUT2D eigenvalue weighted by Crippen LogP contribution is 2.43. The van der Waals surface area contributed by atoms with Crippen LogP contribution in [0.3, 0.4) is 0 Å². The first-order valence-electron chi connectivity index (χ1n) is 36.0. The van der Waals surface area contributed by atoms with Crippen LogP contribution in [0, 0.1) is 0 Å². The largest absolute Gasteiger partial charge is 0.472 e. The third-order valence-electron chi connectivity index (χ3n) is 15.6. The van der Waals surface area contributed by atoms with Gasteiger partial charge < -0.3 is 18.9 Å². The Kier molecular flexibility index (Phi) is 64.0. The van der Waals surface area contributed by atoms with Crippen LogP contribution in [0.25, 0.3) is 0 Å². The van der Waals surface area contributed by atoms with E-state index in [1.807, 2.05) is 21.1 Å². The molecule has 1 N–H and O–H groups in total. The van der Waals surface area contributed by atoms with Gasteiger partial charge in [0.25, 0.3) is 0 Å². The minimum absolute atomic E-state index is 0.0271. The van der Waals surface area contributed by atoms with Gasteiger partial charge >= 0.3 is 19.8 Å². The van der Waals surface area contributed by atoms with Gasteiger partial charge in [0.15, 0.2) is 6.10 Å². The van der Waals surface area contributed by atoms with Crippen LogP contribution in [0.1, 0.15) is 322 Å². The normalized spacial score (nSPS) is 13.7. The molecule has 0 heterocycles. The van der Waals surface area contributed by atoms with Gasteiger partial charge in [0, 0.05) is 12.8 Å². The average Bonchev–Trinajstić information content (AvgIpc) is 3.53. The lowest BCUT2D eigenvalue weighted by molar-refractivity contribution is -0.870. The summed E-state index contributed by atoms with van der Waals surface area (Å²) in [6, 6.07) is 0. The number of unbranched alkanes of at least 4 members (excludes halogenated alkanes) is 36. The minimum Gasteiger partial charge on any atom is -0.462 e. The molecule has 0 aliphatic rings. The molecule has 0 radical (unpaired) electrons. The van der Waals surface area contributed by atoms with Gasteiger partial charge in [0.2, 0.25) is 0 Å². The van der Waals surface area contributed by atoms with Crippen molar-refractivity contribution in [3.8, 4) is 0 Å². The highest BCUT2D eigenvalue weighted by molar-refractivity contribution is 7.47. The maximum Gasteiger partial charge on any atom is 0.472 e. The maximum absolute atomic E-state index is 12.9. The molecule has 0 amide bonds. The number of esters is 2. The van der Waals surface area contributed by atoms with Crippen LogP contribution >= 0.6 is 7.82 Å². The summed E-state index contributed by atoms with van der Waals surface area (Å²) in [7, 11) is 1.47. The number of likely N-dealkylation sites (N-methyl/N-ethyl adjacent to an activating group) is 1. The van der Waals surface area contributed by atoms with E-state index in [9.17, 15) is 19.0 Å². The Labute approximate surface area is 532 Å². The van der Waals surface area contributed by atoms with Crippen LogP contribution in [0.4, 0.5) is 0 Å². The van der Waals surface area contributed by atoms with Crippen molar-refractivity contribution < 1.29 is 42.1 Å². The van der Waals surface area contributed by atoms with Gasteiger partial charge in [-0.15, -0.1) is 0 Å². The molecule has 0 saturated heterocycles. The summed E-state index contributed by atoms with van der Waals surface area (Å²) in [6.07, 6.45) is 92.3. The number of hydrogen-bond donors (Lipinski definition) is 1. The Balaban J connectivity index is 4.02. The Morgan fingerprint density at radius 1 is 0.372 bits per heavy atom. The Bertz CT molecular complexity index is 1770. The van der Waals surface area contributed by atoms with Crippen LogP contribution in [0.5, 0.6) is 0 Å². The number of carbonyl (C=O) groups excluding carboxylic acids is 2. The quantitative estimate of drug-likeness (QED) is 0.0211. The molecular formula is C76H137NO8P+. The minimum atomic E-state index is -4.40. The molecule has 0 spiro atoms. The lowest BCUT2D eigenvalue weighted by atomic mass is 10.0. The van der Waals surface area contributed by atoms with Gasteiger partial charge in [0.1, 0.15) is 19.8 Å². The zero-order valence-corrected chi connectivity index (χ0v) is 57.7. The van der Waals surface area contributed by atoms with Gasteiger partial charge in [-0.3, -0.25) is 18.6 Å². The predicted octanol–water partition coefficient (Wildman–Crippen LogP) is 23.5. The second-order valence-electron chi connectivity index (χ2n) is 25.2. The van der Waals surface area contributed by atoms with Crippen LogP contribution in [-0.2, 0) is 32.7 Å². The van der Waals surface area contributed by atoms with Gasteiger partial charge in [-0.2, -0.15) is 0 Å². The van der Waals surface area contributed by atoms with Crippen LogP contribution in [-0.4, -0.2) is 74.9 Å². The van der Waals surface area contributed by atoms with E-state index in [1.165, 1.54) is 199 Å². The van der Waals surface area contributed by atoms with Crippen molar-refractivity contribution in [1.82, 2.24) is 0 Å². The van der Waals surface area contributed by atoms with Crippen LogP contribution in [0.2, 0.25) is 0 Å². The number of hydrogen-bond acceptors (Lipinski definition) is 7. The molecule has 0 fully saturated rings. The van der Waals surface area contributed by atoms with Gasteiger partial charge in [-0.1, -0.05) is 310 Å². The number of ether oxygens (including phenoxy) is 2. The van der Waals surface area contributed by atoms with Crippen molar-refractivity contribution in [2.45, 2.75) is 328 Å². The number of rotatable bonds is 66. The van der Waals surface area contributed by atoms with Crippen molar-refractivity contribution in [2.24, 2.45) is 0 Å². The summed E-state index contributed by atoms with van der Waals surface area (Å²) >= 11 is 0. The maximum atomic E-state index is 12.9. The molecule has 0 aliphatic heterocycles. The summed E-state index contributed by atoms with van der Waals surface area (Å²) in [5.74, 6) is -0.799. The number of phosphoric acid groups is 1. The summed E-state index contributed by atoms with van der Waals surface area (Å²) in [6.45, 7) is 4.33. The fourth-order valence-electron chi connectivity index (χ4n) is 10.1. The molecule has 9 nitrogen and oxygen atoms in total.